The van der Waals surface area contributed by atoms with Gasteiger partial charge in [0, 0.05) is 18.6 Å². The van der Waals surface area contributed by atoms with Gasteiger partial charge in [0.15, 0.2) is 0 Å². The zero-order chi connectivity index (χ0) is 10.0. The lowest BCUT2D eigenvalue weighted by molar-refractivity contribution is -0.000380. The van der Waals surface area contributed by atoms with Gasteiger partial charge in [0.25, 0.3) is 0 Å². The van der Waals surface area contributed by atoms with E-state index in [0.29, 0.717) is 23.8 Å². The Morgan fingerprint density at radius 3 is 2.23 bits per heavy atom. The second kappa shape index (κ2) is 4.47. The summed E-state index contributed by atoms with van der Waals surface area (Å²) in [5, 5.41) is 0. The third kappa shape index (κ3) is 2.71. The van der Waals surface area contributed by atoms with Crippen LogP contribution in [0.1, 0.15) is 34.6 Å². The SMILES string of the molecule is CC(C)B1OCC(C(C)C)C(C)O1. The van der Waals surface area contributed by atoms with Crippen LogP contribution in [0, 0.1) is 11.8 Å². The van der Waals surface area contributed by atoms with Gasteiger partial charge in [-0.25, -0.2) is 0 Å². The Balaban J connectivity index is 2.46. The first-order chi connectivity index (χ1) is 6.02. The van der Waals surface area contributed by atoms with Crippen LogP contribution in [-0.4, -0.2) is 19.8 Å². The van der Waals surface area contributed by atoms with Crippen LogP contribution in [0.15, 0.2) is 0 Å². The van der Waals surface area contributed by atoms with E-state index in [2.05, 4.69) is 34.6 Å². The molecule has 0 aromatic rings. The summed E-state index contributed by atoms with van der Waals surface area (Å²) in [6, 6.07) is 0. The fourth-order valence-electron chi connectivity index (χ4n) is 1.78. The van der Waals surface area contributed by atoms with Crippen LogP contribution in [0.5, 0.6) is 0 Å². The Hall–Kier alpha value is -0.0151. The monoisotopic (exact) mass is 184 g/mol. The van der Waals surface area contributed by atoms with Gasteiger partial charge in [-0.3, -0.25) is 0 Å². The molecule has 1 rings (SSSR count). The second-order valence-corrected chi connectivity index (χ2v) is 4.69. The molecule has 2 atom stereocenters. The first-order valence-electron chi connectivity index (χ1n) is 5.29. The summed E-state index contributed by atoms with van der Waals surface area (Å²) < 4.78 is 11.5. The molecule has 1 aliphatic rings. The van der Waals surface area contributed by atoms with Crippen molar-refractivity contribution in [2.75, 3.05) is 6.61 Å². The van der Waals surface area contributed by atoms with Crippen molar-refractivity contribution in [3.8, 4) is 0 Å². The van der Waals surface area contributed by atoms with Gasteiger partial charge in [-0.15, -0.1) is 0 Å². The van der Waals surface area contributed by atoms with E-state index in [1.54, 1.807) is 0 Å². The Morgan fingerprint density at radius 2 is 1.85 bits per heavy atom. The third-order valence-electron chi connectivity index (χ3n) is 2.81. The molecule has 0 saturated carbocycles. The molecule has 1 fully saturated rings. The Morgan fingerprint density at radius 1 is 1.23 bits per heavy atom. The fourth-order valence-corrected chi connectivity index (χ4v) is 1.78. The average molecular weight is 184 g/mol. The minimum Gasteiger partial charge on any atom is -0.411 e. The van der Waals surface area contributed by atoms with E-state index in [-0.39, 0.29) is 7.12 Å². The minimum atomic E-state index is 0.00463. The molecule has 3 heteroatoms. The molecule has 1 heterocycles. The lowest BCUT2D eigenvalue weighted by Crippen LogP contribution is -2.44. The lowest BCUT2D eigenvalue weighted by Gasteiger charge is -2.36. The van der Waals surface area contributed by atoms with Crippen LogP contribution >= 0.6 is 0 Å². The quantitative estimate of drug-likeness (QED) is 0.614. The molecule has 0 aromatic carbocycles. The van der Waals surface area contributed by atoms with Crippen LogP contribution < -0.4 is 0 Å². The van der Waals surface area contributed by atoms with Crippen LogP contribution in [0.3, 0.4) is 0 Å². The summed E-state index contributed by atoms with van der Waals surface area (Å²) in [6.07, 6.45) is 0.334. The number of rotatable bonds is 2. The molecule has 0 spiro atoms. The largest absolute Gasteiger partial charge is 0.459 e. The fraction of sp³-hybridized carbons (Fsp3) is 1.00. The summed E-state index contributed by atoms with van der Waals surface area (Å²) in [5.41, 5.74) is 0. The van der Waals surface area contributed by atoms with E-state index >= 15 is 0 Å². The van der Waals surface area contributed by atoms with Crippen molar-refractivity contribution in [3.63, 3.8) is 0 Å². The molecule has 0 N–H and O–H groups in total. The predicted octanol–water partition coefficient (Wildman–Crippen LogP) is 2.59. The summed E-state index contributed by atoms with van der Waals surface area (Å²) in [5.74, 6) is 1.65. The first-order valence-corrected chi connectivity index (χ1v) is 5.29. The Labute approximate surface area is 82.1 Å². The van der Waals surface area contributed by atoms with Gasteiger partial charge in [-0.05, 0) is 18.7 Å². The lowest BCUT2D eigenvalue weighted by atomic mass is 9.71. The van der Waals surface area contributed by atoms with E-state index in [1.165, 1.54) is 0 Å². The molecule has 0 aliphatic carbocycles. The zero-order valence-corrected chi connectivity index (χ0v) is 9.41. The minimum absolute atomic E-state index is 0.00463. The molecule has 2 unspecified atom stereocenters. The van der Waals surface area contributed by atoms with Crippen LogP contribution in [0.2, 0.25) is 5.82 Å². The molecule has 1 aliphatic heterocycles. The topological polar surface area (TPSA) is 18.5 Å². The van der Waals surface area contributed by atoms with Crippen molar-refractivity contribution in [3.05, 3.63) is 0 Å². The second-order valence-electron chi connectivity index (χ2n) is 4.69. The van der Waals surface area contributed by atoms with Gasteiger partial charge >= 0.3 is 7.12 Å². The van der Waals surface area contributed by atoms with Gasteiger partial charge in [0.2, 0.25) is 0 Å². The van der Waals surface area contributed by atoms with E-state index in [4.69, 9.17) is 9.31 Å². The smallest absolute Gasteiger partial charge is 0.411 e. The molecular formula is C10H21BO2. The molecule has 76 valence electrons. The van der Waals surface area contributed by atoms with Crippen LogP contribution in [0.25, 0.3) is 0 Å². The zero-order valence-electron chi connectivity index (χ0n) is 9.41. The van der Waals surface area contributed by atoms with Crippen molar-refractivity contribution in [1.29, 1.82) is 0 Å². The highest BCUT2D eigenvalue weighted by Crippen LogP contribution is 2.27. The Bertz CT molecular complexity index is 159. The van der Waals surface area contributed by atoms with Gasteiger partial charge in [-0.1, -0.05) is 27.7 Å². The molecule has 1 saturated heterocycles. The highest BCUT2D eigenvalue weighted by molar-refractivity contribution is 6.46. The van der Waals surface area contributed by atoms with Crippen molar-refractivity contribution in [1.82, 2.24) is 0 Å². The molecule has 0 bridgehead atoms. The van der Waals surface area contributed by atoms with Crippen molar-refractivity contribution >= 4 is 7.12 Å². The summed E-state index contributed by atoms with van der Waals surface area (Å²) in [4.78, 5) is 0. The van der Waals surface area contributed by atoms with E-state index in [0.717, 1.165) is 6.61 Å². The number of hydrogen-bond donors (Lipinski definition) is 0. The first kappa shape index (κ1) is 11.1. The molecule has 13 heavy (non-hydrogen) atoms. The molecule has 2 nitrogen and oxygen atoms in total. The van der Waals surface area contributed by atoms with E-state index < -0.39 is 0 Å². The third-order valence-corrected chi connectivity index (χ3v) is 2.81. The van der Waals surface area contributed by atoms with Gasteiger partial charge in [-0.2, -0.15) is 0 Å². The van der Waals surface area contributed by atoms with Crippen molar-refractivity contribution in [2.45, 2.75) is 46.5 Å². The van der Waals surface area contributed by atoms with E-state index in [9.17, 15) is 0 Å². The highest BCUT2D eigenvalue weighted by atomic mass is 16.6. The molecule has 0 radical (unpaired) electrons. The maximum absolute atomic E-state index is 5.80. The summed E-state index contributed by atoms with van der Waals surface area (Å²) in [7, 11) is 0.00463. The average Bonchev–Trinajstić information content (AvgIpc) is 2.03. The van der Waals surface area contributed by atoms with Crippen LogP contribution in [0.4, 0.5) is 0 Å². The van der Waals surface area contributed by atoms with Gasteiger partial charge in [0.1, 0.15) is 0 Å². The highest BCUT2D eigenvalue weighted by Gasteiger charge is 2.35. The van der Waals surface area contributed by atoms with Crippen molar-refractivity contribution in [2.24, 2.45) is 11.8 Å². The normalized spacial score (nSPS) is 30.2. The molecule has 0 aromatic heterocycles. The standard InChI is InChI=1S/C10H21BO2/c1-7(2)10-6-12-11(8(3)4)13-9(10)5/h7-10H,6H2,1-5H3. The van der Waals surface area contributed by atoms with E-state index in [1.807, 2.05) is 0 Å². The number of hydrogen-bond acceptors (Lipinski definition) is 2. The Kier molecular flexibility index (Phi) is 3.80. The van der Waals surface area contributed by atoms with Gasteiger partial charge in [0.05, 0.1) is 0 Å². The summed E-state index contributed by atoms with van der Waals surface area (Å²) in [6.45, 7) is 11.7. The summed E-state index contributed by atoms with van der Waals surface area (Å²) >= 11 is 0. The molecule has 0 amide bonds. The van der Waals surface area contributed by atoms with Crippen molar-refractivity contribution < 1.29 is 9.31 Å². The van der Waals surface area contributed by atoms with Crippen LogP contribution in [-0.2, 0) is 9.31 Å². The van der Waals surface area contributed by atoms with Gasteiger partial charge < -0.3 is 9.31 Å². The predicted molar refractivity (Wildman–Crippen MR) is 55.7 cm³/mol. The maximum atomic E-state index is 5.80. The molecular weight excluding hydrogens is 163 g/mol. The maximum Gasteiger partial charge on any atom is 0.459 e.